The zero-order valence-electron chi connectivity index (χ0n) is 9.33. The molecule has 0 nitrogen and oxygen atoms in total. The van der Waals surface area contributed by atoms with Gasteiger partial charge in [0.25, 0.3) is 0 Å². The molecule has 1 aliphatic carbocycles. The van der Waals surface area contributed by atoms with E-state index in [1.54, 1.807) is 0 Å². The van der Waals surface area contributed by atoms with Gasteiger partial charge in [-0.1, -0.05) is 42.8 Å². The number of hydrogen-bond acceptors (Lipinski definition) is 0. The van der Waals surface area contributed by atoms with Gasteiger partial charge in [0.1, 0.15) is 0 Å². The number of fused-ring (bicyclic) bond motifs is 1. The summed E-state index contributed by atoms with van der Waals surface area (Å²) in [6.45, 7) is 4.36. The average Bonchev–Trinajstić information content (AvgIpc) is 2.60. The van der Waals surface area contributed by atoms with Crippen LogP contribution in [0.25, 0.3) is 6.08 Å². The molecule has 0 N–H and O–H groups in total. The van der Waals surface area contributed by atoms with Crippen molar-refractivity contribution in [1.82, 2.24) is 0 Å². The van der Waals surface area contributed by atoms with Crippen molar-refractivity contribution in [1.29, 1.82) is 0 Å². The van der Waals surface area contributed by atoms with Gasteiger partial charge in [-0.25, -0.2) is 0 Å². The van der Waals surface area contributed by atoms with Crippen LogP contribution < -0.4 is 0 Å². The molecule has 1 aromatic carbocycles. The number of rotatable bonds is 2. The Morgan fingerprint density at radius 3 is 3.00 bits per heavy atom. The Labute approximate surface area is 92.0 Å². The minimum Gasteiger partial charge on any atom is -0.120 e. The molecular weight excluding hydrogens is 180 g/mol. The highest BCUT2D eigenvalue weighted by molar-refractivity contribution is 5.63. The van der Waals surface area contributed by atoms with E-state index in [0.717, 1.165) is 6.42 Å². The lowest BCUT2D eigenvalue weighted by atomic mass is 9.87. The summed E-state index contributed by atoms with van der Waals surface area (Å²) >= 11 is 0. The number of benzene rings is 1. The van der Waals surface area contributed by atoms with Gasteiger partial charge in [0.05, 0.1) is 0 Å². The van der Waals surface area contributed by atoms with E-state index in [2.05, 4.69) is 50.1 Å². The number of allylic oxidation sites excluding steroid dienone is 1. The zero-order chi connectivity index (χ0) is 10.8. The maximum atomic E-state index is 5.37. The first-order valence-corrected chi connectivity index (χ1v) is 5.44. The monoisotopic (exact) mass is 196 g/mol. The Bertz CT molecular complexity index is 432. The summed E-state index contributed by atoms with van der Waals surface area (Å²) in [6, 6.07) is 6.66. The van der Waals surface area contributed by atoms with Gasteiger partial charge < -0.3 is 0 Å². The molecule has 2 rings (SSSR count). The van der Waals surface area contributed by atoms with Crippen LogP contribution in [0.1, 0.15) is 36.0 Å². The van der Waals surface area contributed by atoms with E-state index in [4.69, 9.17) is 6.42 Å². The van der Waals surface area contributed by atoms with Crippen LogP contribution in [0, 0.1) is 25.2 Å². The minimum atomic E-state index is 0.511. The predicted molar refractivity (Wildman–Crippen MR) is 65.6 cm³/mol. The molecule has 0 saturated carbocycles. The van der Waals surface area contributed by atoms with Crippen LogP contribution in [0.3, 0.4) is 0 Å². The van der Waals surface area contributed by atoms with E-state index >= 15 is 0 Å². The molecule has 76 valence electrons. The van der Waals surface area contributed by atoms with Crippen molar-refractivity contribution >= 4 is 6.08 Å². The van der Waals surface area contributed by atoms with E-state index in [-0.39, 0.29) is 0 Å². The molecule has 0 fully saturated rings. The van der Waals surface area contributed by atoms with Crippen molar-refractivity contribution in [2.24, 2.45) is 5.92 Å². The topological polar surface area (TPSA) is 0 Å². The van der Waals surface area contributed by atoms with E-state index in [1.165, 1.54) is 16.7 Å². The van der Waals surface area contributed by atoms with Gasteiger partial charge in [0, 0.05) is 12.3 Å². The average molecular weight is 196 g/mol. The van der Waals surface area contributed by atoms with Gasteiger partial charge in [-0.3, -0.25) is 0 Å². The lowest BCUT2D eigenvalue weighted by Crippen LogP contribution is -2.05. The quantitative estimate of drug-likeness (QED) is 0.632. The third kappa shape index (κ3) is 1.83. The van der Waals surface area contributed by atoms with Crippen LogP contribution in [0.2, 0.25) is 0 Å². The molecule has 1 aromatic rings. The molecule has 0 saturated heterocycles. The molecule has 2 atom stereocenters. The fraction of sp³-hybridized carbons (Fsp3) is 0.333. The van der Waals surface area contributed by atoms with E-state index < -0.39 is 0 Å². The second-order valence-electron chi connectivity index (χ2n) is 4.40. The summed E-state index contributed by atoms with van der Waals surface area (Å²) in [7, 11) is 0. The van der Waals surface area contributed by atoms with E-state index in [9.17, 15) is 0 Å². The van der Waals surface area contributed by atoms with Gasteiger partial charge in [-0.05, 0) is 24.0 Å². The summed E-state index contributed by atoms with van der Waals surface area (Å²) in [5, 5.41) is 0. The van der Waals surface area contributed by atoms with Gasteiger partial charge >= 0.3 is 0 Å². The molecule has 0 aromatic heterocycles. The zero-order valence-corrected chi connectivity index (χ0v) is 9.33. The Morgan fingerprint density at radius 1 is 1.47 bits per heavy atom. The summed E-state index contributed by atoms with van der Waals surface area (Å²) in [5.74, 6) is 3.80. The molecule has 1 aliphatic rings. The first-order valence-electron chi connectivity index (χ1n) is 5.44. The second kappa shape index (κ2) is 3.95. The first kappa shape index (κ1) is 10.1. The maximum absolute atomic E-state index is 5.37. The summed E-state index contributed by atoms with van der Waals surface area (Å²) in [5.41, 5.74) is 4.12. The van der Waals surface area contributed by atoms with Crippen molar-refractivity contribution in [2.75, 3.05) is 0 Å². The standard InChI is InChI=1S/C15H16/c1-4-5-12(3)14-9-7-13-10-11(2)6-8-15(13)14/h1,6-10,12,14H,5H2,2-3H3. The summed E-state index contributed by atoms with van der Waals surface area (Å²) in [6.07, 6.45) is 10.7. The number of terminal acetylenes is 1. The van der Waals surface area contributed by atoms with Gasteiger partial charge in [0.15, 0.2) is 0 Å². The number of hydrogen-bond donors (Lipinski definition) is 0. The lowest BCUT2D eigenvalue weighted by molar-refractivity contribution is 0.544. The number of aryl methyl sites for hydroxylation is 1. The van der Waals surface area contributed by atoms with Crippen LogP contribution in [0.5, 0.6) is 0 Å². The summed E-state index contributed by atoms with van der Waals surface area (Å²) < 4.78 is 0. The van der Waals surface area contributed by atoms with E-state index in [1.807, 2.05) is 0 Å². The van der Waals surface area contributed by atoms with Crippen LogP contribution >= 0.6 is 0 Å². The Hall–Kier alpha value is -1.48. The molecule has 0 bridgehead atoms. The largest absolute Gasteiger partial charge is 0.120 e. The summed E-state index contributed by atoms with van der Waals surface area (Å²) in [4.78, 5) is 0. The van der Waals surface area contributed by atoms with Crippen LogP contribution in [-0.2, 0) is 0 Å². The molecule has 0 heterocycles. The third-order valence-electron chi connectivity index (χ3n) is 3.14. The van der Waals surface area contributed by atoms with Crippen molar-refractivity contribution in [3.8, 4) is 12.3 Å². The van der Waals surface area contributed by atoms with Gasteiger partial charge in [-0.2, -0.15) is 0 Å². The van der Waals surface area contributed by atoms with Gasteiger partial charge in [-0.15, -0.1) is 12.3 Å². The molecule has 0 spiro atoms. The Morgan fingerprint density at radius 2 is 2.27 bits per heavy atom. The van der Waals surface area contributed by atoms with Crippen LogP contribution in [0.15, 0.2) is 24.3 Å². The maximum Gasteiger partial charge on any atom is 0.0121 e. The van der Waals surface area contributed by atoms with Gasteiger partial charge in [0.2, 0.25) is 0 Å². The Balaban J connectivity index is 2.30. The highest BCUT2D eigenvalue weighted by Gasteiger charge is 2.21. The van der Waals surface area contributed by atoms with Crippen LogP contribution in [0.4, 0.5) is 0 Å². The highest BCUT2D eigenvalue weighted by atomic mass is 14.3. The minimum absolute atomic E-state index is 0.511. The van der Waals surface area contributed by atoms with Crippen molar-refractivity contribution < 1.29 is 0 Å². The van der Waals surface area contributed by atoms with Crippen molar-refractivity contribution in [3.63, 3.8) is 0 Å². The molecule has 0 heteroatoms. The third-order valence-corrected chi connectivity index (χ3v) is 3.14. The molecule has 15 heavy (non-hydrogen) atoms. The SMILES string of the molecule is C#CCC(C)C1C=Cc2cc(C)ccc21. The lowest BCUT2D eigenvalue weighted by Gasteiger charge is -2.17. The Kier molecular flexibility index (Phi) is 2.64. The van der Waals surface area contributed by atoms with Crippen LogP contribution in [-0.4, -0.2) is 0 Å². The highest BCUT2D eigenvalue weighted by Crippen LogP contribution is 2.36. The predicted octanol–water partition coefficient (Wildman–Crippen LogP) is 3.76. The molecule has 0 aliphatic heterocycles. The second-order valence-corrected chi connectivity index (χ2v) is 4.40. The normalized spacial score (nSPS) is 19.7. The van der Waals surface area contributed by atoms with Crippen molar-refractivity contribution in [3.05, 3.63) is 41.0 Å². The first-order chi connectivity index (χ1) is 7.22. The smallest absolute Gasteiger partial charge is 0.0121 e. The van der Waals surface area contributed by atoms with E-state index in [0.29, 0.717) is 11.8 Å². The fourth-order valence-corrected chi connectivity index (χ4v) is 2.26. The molecule has 0 radical (unpaired) electrons. The van der Waals surface area contributed by atoms with Crippen molar-refractivity contribution in [2.45, 2.75) is 26.2 Å². The molecular formula is C15H16. The molecule has 2 unspecified atom stereocenters. The fourth-order valence-electron chi connectivity index (χ4n) is 2.26. The molecule has 0 amide bonds.